The molecule has 2 atom stereocenters. The van der Waals surface area contributed by atoms with E-state index in [1.165, 1.54) is 25.7 Å². The number of benzene rings is 1. The van der Waals surface area contributed by atoms with Crippen LogP contribution in [0, 0.1) is 5.92 Å². The Labute approximate surface area is 111 Å². The van der Waals surface area contributed by atoms with E-state index < -0.39 is 0 Å². The molecule has 0 amide bonds. The van der Waals surface area contributed by atoms with Crippen LogP contribution in [-0.4, -0.2) is 6.04 Å². The van der Waals surface area contributed by atoms with Gasteiger partial charge in [-0.05, 0) is 52.9 Å². The fourth-order valence-electron chi connectivity index (χ4n) is 2.34. The van der Waals surface area contributed by atoms with Crippen molar-refractivity contribution in [3.05, 3.63) is 27.7 Å². The van der Waals surface area contributed by atoms with Crippen molar-refractivity contribution in [1.82, 2.24) is 0 Å². The second kappa shape index (κ2) is 5.42. The van der Waals surface area contributed by atoms with Gasteiger partial charge in [-0.3, -0.25) is 0 Å². The van der Waals surface area contributed by atoms with Crippen molar-refractivity contribution in [1.29, 1.82) is 0 Å². The molecule has 2 unspecified atom stereocenters. The van der Waals surface area contributed by atoms with Gasteiger partial charge in [-0.15, -0.1) is 0 Å². The predicted molar refractivity (Wildman–Crippen MR) is 74.2 cm³/mol. The van der Waals surface area contributed by atoms with Crippen LogP contribution in [0.1, 0.15) is 32.6 Å². The quantitative estimate of drug-likeness (QED) is 0.802. The summed E-state index contributed by atoms with van der Waals surface area (Å²) in [6.07, 6.45) is 5.33. The molecule has 88 valence electrons. The van der Waals surface area contributed by atoms with Gasteiger partial charge in [0.25, 0.3) is 0 Å². The van der Waals surface area contributed by atoms with E-state index in [-0.39, 0.29) is 0 Å². The highest BCUT2D eigenvalue weighted by atomic mass is 79.9. The molecule has 2 rings (SSSR count). The first-order valence-electron chi connectivity index (χ1n) is 5.88. The molecule has 1 N–H and O–H groups in total. The van der Waals surface area contributed by atoms with Gasteiger partial charge in [0.1, 0.15) is 0 Å². The molecule has 1 aliphatic carbocycles. The Kier molecular flexibility index (Phi) is 4.15. The van der Waals surface area contributed by atoms with E-state index in [0.717, 1.165) is 21.1 Å². The Balaban J connectivity index is 2.07. The van der Waals surface area contributed by atoms with E-state index >= 15 is 0 Å². The third kappa shape index (κ3) is 2.92. The molecule has 0 aliphatic heterocycles. The van der Waals surface area contributed by atoms with Crippen molar-refractivity contribution in [2.45, 2.75) is 38.6 Å². The monoisotopic (exact) mass is 301 g/mol. The number of rotatable bonds is 2. The summed E-state index contributed by atoms with van der Waals surface area (Å²) >= 11 is 9.48. The molecule has 16 heavy (non-hydrogen) atoms. The van der Waals surface area contributed by atoms with Gasteiger partial charge in [-0.1, -0.05) is 31.4 Å². The number of hydrogen-bond donors (Lipinski definition) is 1. The smallest absolute Gasteiger partial charge is 0.0487 e. The van der Waals surface area contributed by atoms with Gasteiger partial charge in [0.05, 0.1) is 0 Å². The molecular weight excluding hydrogens is 286 g/mol. The first kappa shape index (κ1) is 12.3. The van der Waals surface area contributed by atoms with Crippen molar-refractivity contribution in [3.63, 3.8) is 0 Å². The van der Waals surface area contributed by atoms with Gasteiger partial charge in [0.2, 0.25) is 0 Å². The molecule has 1 aromatic carbocycles. The molecule has 1 aliphatic rings. The number of anilines is 1. The maximum absolute atomic E-state index is 5.93. The molecule has 0 aromatic heterocycles. The molecule has 1 fully saturated rings. The Morgan fingerprint density at radius 2 is 2.06 bits per heavy atom. The van der Waals surface area contributed by atoms with Crippen LogP contribution in [0.2, 0.25) is 5.02 Å². The van der Waals surface area contributed by atoms with Gasteiger partial charge in [0, 0.05) is 21.2 Å². The Morgan fingerprint density at radius 3 is 2.75 bits per heavy atom. The van der Waals surface area contributed by atoms with Crippen LogP contribution in [0.4, 0.5) is 5.69 Å². The number of nitrogens with one attached hydrogen (secondary N) is 1. The van der Waals surface area contributed by atoms with E-state index in [0.29, 0.717) is 6.04 Å². The molecule has 0 saturated heterocycles. The summed E-state index contributed by atoms with van der Waals surface area (Å²) in [5.41, 5.74) is 1.16. The van der Waals surface area contributed by atoms with E-state index in [1.807, 2.05) is 18.2 Å². The average molecular weight is 303 g/mol. The van der Waals surface area contributed by atoms with Crippen LogP contribution in [-0.2, 0) is 0 Å². The molecule has 1 nitrogen and oxygen atoms in total. The molecule has 1 aromatic rings. The lowest BCUT2D eigenvalue weighted by molar-refractivity contribution is 0.349. The van der Waals surface area contributed by atoms with Gasteiger partial charge < -0.3 is 5.32 Å². The Bertz CT molecular complexity index is 367. The van der Waals surface area contributed by atoms with Crippen molar-refractivity contribution >= 4 is 33.2 Å². The SMILES string of the molecule is CC1CCCCC1Nc1ccc(Cl)cc1Br. The van der Waals surface area contributed by atoms with Gasteiger partial charge in [-0.25, -0.2) is 0 Å². The topological polar surface area (TPSA) is 12.0 Å². The summed E-state index contributed by atoms with van der Waals surface area (Å²) < 4.78 is 1.05. The molecule has 0 spiro atoms. The van der Waals surface area contributed by atoms with E-state index in [9.17, 15) is 0 Å². The minimum Gasteiger partial charge on any atom is -0.381 e. The van der Waals surface area contributed by atoms with E-state index in [4.69, 9.17) is 11.6 Å². The zero-order chi connectivity index (χ0) is 11.5. The second-order valence-electron chi connectivity index (χ2n) is 4.64. The minimum absolute atomic E-state index is 0.603. The van der Waals surface area contributed by atoms with Crippen molar-refractivity contribution in [2.75, 3.05) is 5.32 Å². The first-order valence-corrected chi connectivity index (χ1v) is 7.05. The summed E-state index contributed by atoms with van der Waals surface area (Å²) in [7, 11) is 0. The standard InChI is InChI=1S/C13H17BrClN/c1-9-4-2-3-5-12(9)16-13-7-6-10(15)8-11(13)14/h6-9,12,16H,2-5H2,1H3. The summed E-state index contributed by atoms with van der Waals surface area (Å²) in [6, 6.07) is 6.53. The maximum Gasteiger partial charge on any atom is 0.0487 e. The lowest BCUT2D eigenvalue weighted by atomic mass is 9.86. The zero-order valence-electron chi connectivity index (χ0n) is 9.47. The fourth-order valence-corrected chi connectivity index (χ4v) is 3.13. The first-order chi connectivity index (χ1) is 7.66. The lowest BCUT2D eigenvalue weighted by Gasteiger charge is -2.30. The summed E-state index contributed by atoms with van der Waals surface area (Å²) in [5, 5.41) is 4.39. The fraction of sp³-hybridized carbons (Fsp3) is 0.538. The van der Waals surface area contributed by atoms with Gasteiger partial charge in [-0.2, -0.15) is 0 Å². The molecule has 3 heteroatoms. The third-order valence-corrected chi connectivity index (χ3v) is 4.27. The number of hydrogen-bond acceptors (Lipinski definition) is 1. The average Bonchev–Trinajstić information content (AvgIpc) is 2.25. The largest absolute Gasteiger partial charge is 0.381 e. The van der Waals surface area contributed by atoms with E-state index in [2.05, 4.69) is 28.2 Å². The predicted octanol–water partition coefficient (Wildman–Crippen LogP) is 5.09. The highest BCUT2D eigenvalue weighted by molar-refractivity contribution is 9.10. The minimum atomic E-state index is 0.603. The molecule has 0 heterocycles. The summed E-state index contributed by atoms with van der Waals surface area (Å²) in [4.78, 5) is 0. The third-order valence-electron chi connectivity index (χ3n) is 3.38. The Hall–Kier alpha value is -0.210. The van der Waals surface area contributed by atoms with Crippen LogP contribution in [0.5, 0.6) is 0 Å². The number of halogens is 2. The van der Waals surface area contributed by atoms with Crippen LogP contribution in [0.25, 0.3) is 0 Å². The Morgan fingerprint density at radius 1 is 1.31 bits per heavy atom. The van der Waals surface area contributed by atoms with Gasteiger partial charge in [0.15, 0.2) is 0 Å². The summed E-state index contributed by atoms with van der Waals surface area (Å²) in [5.74, 6) is 0.760. The van der Waals surface area contributed by atoms with Crippen molar-refractivity contribution < 1.29 is 0 Å². The molecule has 0 radical (unpaired) electrons. The highest BCUT2D eigenvalue weighted by Crippen LogP contribution is 2.31. The van der Waals surface area contributed by atoms with Crippen LogP contribution < -0.4 is 5.32 Å². The normalized spacial score (nSPS) is 25.4. The van der Waals surface area contributed by atoms with Crippen LogP contribution in [0.3, 0.4) is 0 Å². The van der Waals surface area contributed by atoms with Crippen LogP contribution >= 0.6 is 27.5 Å². The summed E-state index contributed by atoms with van der Waals surface area (Å²) in [6.45, 7) is 2.33. The second-order valence-corrected chi connectivity index (χ2v) is 5.93. The van der Waals surface area contributed by atoms with Crippen LogP contribution in [0.15, 0.2) is 22.7 Å². The highest BCUT2D eigenvalue weighted by Gasteiger charge is 2.21. The molecule has 1 saturated carbocycles. The van der Waals surface area contributed by atoms with Crippen molar-refractivity contribution in [3.8, 4) is 0 Å². The molecule has 0 bridgehead atoms. The zero-order valence-corrected chi connectivity index (χ0v) is 11.8. The van der Waals surface area contributed by atoms with E-state index in [1.54, 1.807) is 0 Å². The maximum atomic E-state index is 5.93. The molecular formula is C13H17BrClN. The van der Waals surface area contributed by atoms with Crippen molar-refractivity contribution in [2.24, 2.45) is 5.92 Å². The van der Waals surface area contributed by atoms with Gasteiger partial charge >= 0.3 is 0 Å². The lowest BCUT2D eigenvalue weighted by Crippen LogP contribution is -2.30.